The van der Waals surface area contributed by atoms with Crippen molar-refractivity contribution in [2.24, 2.45) is 5.73 Å². The first-order valence-corrected chi connectivity index (χ1v) is 2.49. The average Bonchev–Trinajstić information content (AvgIpc) is 1.81. The number of nitrogens with two attached hydrogens (primary N) is 1. The second kappa shape index (κ2) is 7.45. The highest BCUT2D eigenvalue weighted by Crippen LogP contribution is 2.11. The molecule has 1 amide bonds. The highest BCUT2D eigenvalue weighted by atomic mass is 35.5. The zero-order chi connectivity index (χ0) is 8.20. The Morgan fingerprint density at radius 2 is 1.75 bits per heavy atom. The zero-order valence-electron chi connectivity index (χ0n) is 5.85. The molecular formula is C4H9Cl2F3N2O. The fourth-order valence-electron chi connectivity index (χ4n) is 0.271. The molecule has 0 aromatic rings. The van der Waals surface area contributed by atoms with E-state index >= 15 is 0 Å². The summed E-state index contributed by atoms with van der Waals surface area (Å²) in [5.74, 6) is -0.808. The SMILES string of the molecule is Cl.Cl.NCC(=O)NCC(F)(F)F. The molecule has 3 N–H and O–H groups in total. The van der Waals surface area contributed by atoms with Crippen molar-refractivity contribution in [3.63, 3.8) is 0 Å². The number of alkyl halides is 3. The molecule has 0 aliphatic rings. The van der Waals surface area contributed by atoms with Crippen LogP contribution >= 0.6 is 24.8 Å². The lowest BCUT2D eigenvalue weighted by Crippen LogP contribution is -2.37. The Balaban J connectivity index is -0.000000405. The lowest BCUT2D eigenvalue weighted by atomic mass is 10.5. The summed E-state index contributed by atoms with van der Waals surface area (Å²) in [6, 6.07) is 0. The fourth-order valence-corrected chi connectivity index (χ4v) is 0.271. The summed E-state index contributed by atoms with van der Waals surface area (Å²) in [7, 11) is 0. The summed E-state index contributed by atoms with van der Waals surface area (Å²) < 4.78 is 33.9. The maximum Gasteiger partial charge on any atom is 0.405 e. The minimum atomic E-state index is -4.36. The molecule has 0 radical (unpaired) electrons. The predicted octanol–water partition coefficient (Wildman–Crippen LogP) is 0.467. The average molecular weight is 229 g/mol. The molecule has 0 aliphatic heterocycles. The minimum absolute atomic E-state index is 0. The Bertz CT molecular complexity index is 130. The van der Waals surface area contributed by atoms with Crippen LogP contribution in [0.3, 0.4) is 0 Å². The third-order valence-corrected chi connectivity index (χ3v) is 0.671. The first-order valence-electron chi connectivity index (χ1n) is 2.49. The van der Waals surface area contributed by atoms with Gasteiger partial charge in [-0.1, -0.05) is 0 Å². The monoisotopic (exact) mass is 228 g/mol. The summed E-state index contributed by atoms with van der Waals surface area (Å²) in [5.41, 5.74) is 4.72. The molecule has 0 aliphatic carbocycles. The standard InChI is InChI=1S/C4H7F3N2O.2ClH/c5-4(6,7)2-9-3(10)1-8;;/h1-2,8H2,(H,9,10);2*1H. The van der Waals surface area contributed by atoms with Gasteiger partial charge in [-0.05, 0) is 0 Å². The maximum absolute atomic E-state index is 11.3. The molecule has 0 saturated heterocycles. The van der Waals surface area contributed by atoms with Gasteiger partial charge in [-0.25, -0.2) is 0 Å². The van der Waals surface area contributed by atoms with Crippen molar-refractivity contribution in [1.82, 2.24) is 5.32 Å². The van der Waals surface area contributed by atoms with Crippen LogP contribution in [0.15, 0.2) is 0 Å². The molecule has 0 aromatic carbocycles. The second-order valence-electron chi connectivity index (χ2n) is 1.60. The van der Waals surface area contributed by atoms with E-state index in [1.54, 1.807) is 5.32 Å². The maximum atomic E-state index is 11.3. The van der Waals surface area contributed by atoms with E-state index in [9.17, 15) is 18.0 Å². The van der Waals surface area contributed by atoms with Gasteiger partial charge < -0.3 is 11.1 Å². The quantitative estimate of drug-likeness (QED) is 0.722. The normalized spacial score (nSPS) is 9.33. The van der Waals surface area contributed by atoms with Crippen molar-refractivity contribution in [3.05, 3.63) is 0 Å². The number of hydrogen-bond acceptors (Lipinski definition) is 2. The van der Waals surface area contributed by atoms with Crippen molar-refractivity contribution in [2.45, 2.75) is 6.18 Å². The highest BCUT2D eigenvalue weighted by Gasteiger charge is 2.27. The molecule has 76 valence electrons. The molecule has 12 heavy (non-hydrogen) atoms. The van der Waals surface area contributed by atoms with E-state index in [-0.39, 0.29) is 24.8 Å². The second-order valence-corrected chi connectivity index (χ2v) is 1.60. The van der Waals surface area contributed by atoms with Crippen molar-refractivity contribution in [1.29, 1.82) is 0 Å². The Morgan fingerprint density at radius 3 is 2.00 bits per heavy atom. The molecule has 0 saturated carbocycles. The van der Waals surface area contributed by atoms with E-state index < -0.39 is 25.2 Å². The molecule has 8 heteroatoms. The molecule has 0 rings (SSSR count). The van der Waals surface area contributed by atoms with Crippen molar-refractivity contribution >= 4 is 30.7 Å². The van der Waals surface area contributed by atoms with Gasteiger partial charge in [-0.3, -0.25) is 4.79 Å². The van der Waals surface area contributed by atoms with Crippen LogP contribution in [0.2, 0.25) is 0 Å². The summed E-state index contributed by atoms with van der Waals surface area (Å²) in [4.78, 5) is 10.1. The fraction of sp³-hybridized carbons (Fsp3) is 0.750. The molecule has 0 unspecified atom stereocenters. The predicted molar refractivity (Wildman–Crippen MR) is 42.6 cm³/mol. The third kappa shape index (κ3) is 12.5. The molecule has 3 nitrogen and oxygen atoms in total. The number of nitrogens with one attached hydrogen (secondary N) is 1. The minimum Gasteiger partial charge on any atom is -0.346 e. The molecular weight excluding hydrogens is 220 g/mol. The van der Waals surface area contributed by atoms with Crippen molar-refractivity contribution in [3.8, 4) is 0 Å². The number of halogens is 5. The molecule has 0 bridgehead atoms. The highest BCUT2D eigenvalue weighted by molar-refractivity contribution is 5.85. The van der Waals surface area contributed by atoms with Gasteiger partial charge in [0.05, 0.1) is 6.54 Å². The van der Waals surface area contributed by atoms with E-state index in [1.165, 1.54) is 0 Å². The van der Waals surface area contributed by atoms with Crippen LogP contribution in [-0.4, -0.2) is 25.2 Å². The van der Waals surface area contributed by atoms with Gasteiger partial charge in [-0.2, -0.15) is 13.2 Å². The molecule has 0 spiro atoms. The Hall–Kier alpha value is -0.200. The number of hydrogen-bond donors (Lipinski definition) is 2. The lowest BCUT2D eigenvalue weighted by molar-refractivity contribution is -0.137. The van der Waals surface area contributed by atoms with Crippen LogP contribution in [0.5, 0.6) is 0 Å². The van der Waals surface area contributed by atoms with E-state index in [1.807, 2.05) is 0 Å². The van der Waals surface area contributed by atoms with Crippen LogP contribution < -0.4 is 11.1 Å². The number of amides is 1. The summed E-state index contributed by atoms with van der Waals surface area (Å²) >= 11 is 0. The van der Waals surface area contributed by atoms with Gasteiger partial charge in [-0.15, -0.1) is 24.8 Å². The smallest absolute Gasteiger partial charge is 0.346 e. The first kappa shape index (κ1) is 17.8. The van der Waals surface area contributed by atoms with E-state index in [2.05, 4.69) is 0 Å². The number of rotatable bonds is 2. The van der Waals surface area contributed by atoms with Crippen molar-refractivity contribution in [2.75, 3.05) is 13.1 Å². The number of carbonyl (C=O) groups excluding carboxylic acids is 1. The summed E-state index contributed by atoms with van der Waals surface area (Å²) in [6.07, 6.45) is -4.36. The Kier molecular flexibility index (Phi) is 11.0. The third-order valence-electron chi connectivity index (χ3n) is 0.671. The van der Waals surface area contributed by atoms with Gasteiger partial charge in [0.15, 0.2) is 0 Å². The number of carbonyl (C=O) groups is 1. The summed E-state index contributed by atoms with van der Waals surface area (Å²) in [5, 5.41) is 1.58. The molecule has 0 heterocycles. The summed E-state index contributed by atoms with van der Waals surface area (Å²) in [6.45, 7) is -1.74. The molecule has 0 aromatic heterocycles. The first-order chi connectivity index (χ1) is 4.45. The van der Waals surface area contributed by atoms with Crippen LogP contribution in [0, 0.1) is 0 Å². The lowest BCUT2D eigenvalue weighted by Gasteiger charge is -2.05. The van der Waals surface area contributed by atoms with Gasteiger partial charge in [0.25, 0.3) is 0 Å². The zero-order valence-corrected chi connectivity index (χ0v) is 7.48. The van der Waals surface area contributed by atoms with Crippen molar-refractivity contribution < 1.29 is 18.0 Å². The van der Waals surface area contributed by atoms with Gasteiger partial charge in [0.2, 0.25) is 5.91 Å². The largest absolute Gasteiger partial charge is 0.405 e. The van der Waals surface area contributed by atoms with Crippen LogP contribution in [0.4, 0.5) is 13.2 Å². The van der Waals surface area contributed by atoms with E-state index in [0.29, 0.717) is 0 Å². The Labute approximate surface area is 79.7 Å². The van der Waals surface area contributed by atoms with Gasteiger partial charge in [0.1, 0.15) is 6.54 Å². The van der Waals surface area contributed by atoms with Gasteiger partial charge >= 0.3 is 6.18 Å². The van der Waals surface area contributed by atoms with Crippen LogP contribution in [-0.2, 0) is 4.79 Å². The van der Waals surface area contributed by atoms with Crippen LogP contribution in [0.1, 0.15) is 0 Å². The van der Waals surface area contributed by atoms with E-state index in [4.69, 9.17) is 5.73 Å². The molecule has 0 atom stereocenters. The molecule has 0 fully saturated rings. The Morgan fingerprint density at radius 1 is 1.33 bits per heavy atom. The van der Waals surface area contributed by atoms with Gasteiger partial charge in [0, 0.05) is 0 Å². The van der Waals surface area contributed by atoms with E-state index in [0.717, 1.165) is 0 Å². The van der Waals surface area contributed by atoms with Crippen LogP contribution in [0.25, 0.3) is 0 Å². The topological polar surface area (TPSA) is 55.1 Å².